The maximum Gasteiger partial charge on any atom is 0.144 e. The van der Waals surface area contributed by atoms with Crippen molar-refractivity contribution in [1.29, 1.82) is 0 Å². The number of ether oxygens (including phenoxy) is 1. The van der Waals surface area contributed by atoms with Gasteiger partial charge in [0.2, 0.25) is 0 Å². The molecule has 1 aliphatic heterocycles. The van der Waals surface area contributed by atoms with Crippen molar-refractivity contribution >= 4 is 27.3 Å². The molecule has 2 aromatic rings. The second-order valence-corrected chi connectivity index (χ2v) is 6.31. The average Bonchev–Trinajstić information content (AvgIpc) is 2.77. The van der Waals surface area contributed by atoms with Gasteiger partial charge in [0.15, 0.2) is 0 Å². The third-order valence-corrected chi connectivity index (χ3v) is 4.29. The van der Waals surface area contributed by atoms with Crippen LogP contribution < -0.4 is 4.74 Å². The number of hydrogen-bond donors (Lipinski definition) is 1. The molecule has 2 heterocycles. The minimum Gasteiger partial charge on any atom is -0.484 e. The van der Waals surface area contributed by atoms with Gasteiger partial charge in [-0.1, -0.05) is 15.9 Å². The Labute approximate surface area is 118 Å². The van der Waals surface area contributed by atoms with Gasteiger partial charge in [-0.25, -0.2) is 4.98 Å². The quantitative estimate of drug-likeness (QED) is 0.867. The zero-order chi connectivity index (χ0) is 12.7. The van der Waals surface area contributed by atoms with Crippen molar-refractivity contribution in [1.82, 2.24) is 4.98 Å². The number of aliphatic hydroxyl groups excluding tert-OH is 1. The fourth-order valence-electron chi connectivity index (χ4n) is 2.13. The molecule has 94 valence electrons. The first-order chi connectivity index (χ1) is 8.63. The molecule has 0 saturated carbocycles. The third kappa shape index (κ3) is 2.18. The second-order valence-electron chi connectivity index (χ2n) is 4.33. The van der Waals surface area contributed by atoms with Gasteiger partial charge in [0, 0.05) is 21.8 Å². The maximum absolute atomic E-state index is 10.2. The van der Waals surface area contributed by atoms with Crippen molar-refractivity contribution in [2.24, 2.45) is 0 Å². The molecule has 5 heteroatoms. The summed E-state index contributed by atoms with van der Waals surface area (Å²) in [6, 6.07) is 5.71. The van der Waals surface area contributed by atoms with Crippen molar-refractivity contribution in [3.8, 4) is 5.75 Å². The van der Waals surface area contributed by atoms with Gasteiger partial charge in [-0.05, 0) is 25.1 Å². The van der Waals surface area contributed by atoms with Crippen LogP contribution in [0.25, 0.3) is 0 Å². The molecular weight excluding hydrogens is 314 g/mol. The Balaban J connectivity index is 1.94. The number of thiazole rings is 1. The molecule has 18 heavy (non-hydrogen) atoms. The van der Waals surface area contributed by atoms with E-state index >= 15 is 0 Å². The van der Waals surface area contributed by atoms with Gasteiger partial charge in [-0.2, -0.15) is 0 Å². The highest BCUT2D eigenvalue weighted by atomic mass is 79.9. The standard InChI is InChI=1S/C13H12BrNO2S/c1-7-15-10(6-18-7)13-5-11(16)9-4-8(14)2-3-12(9)17-13/h2-4,6,11,13,16H,5H2,1H3/t11-,13?/m0/s1. The fourth-order valence-corrected chi connectivity index (χ4v) is 3.16. The Kier molecular flexibility index (Phi) is 3.13. The second kappa shape index (κ2) is 4.64. The van der Waals surface area contributed by atoms with Crippen molar-refractivity contribution in [2.75, 3.05) is 0 Å². The van der Waals surface area contributed by atoms with Crippen LogP contribution in [0, 0.1) is 6.92 Å². The van der Waals surface area contributed by atoms with E-state index in [1.54, 1.807) is 11.3 Å². The molecule has 1 unspecified atom stereocenters. The molecule has 3 rings (SSSR count). The monoisotopic (exact) mass is 325 g/mol. The van der Waals surface area contributed by atoms with Gasteiger partial charge in [0.25, 0.3) is 0 Å². The number of aryl methyl sites for hydroxylation is 1. The lowest BCUT2D eigenvalue weighted by molar-refractivity contribution is 0.0638. The molecule has 0 fully saturated rings. The number of halogens is 1. The molecule has 0 radical (unpaired) electrons. The van der Waals surface area contributed by atoms with E-state index in [4.69, 9.17) is 4.74 Å². The molecule has 0 bridgehead atoms. The molecule has 2 atom stereocenters. The highest BCUT2D eigenvalue weighted by Gasteiger charge is 2.29. The molecule has 0 saturated heterocycles. The number of aliphatic hydroxyl groups is 1. The summed E-state index contributed by atoms with van der Waals surface area (Å²) >= 11 is 5.01. The summed E-state index contributed by atoms with van der Waals surface area (Å²) in [5.74, 6) is 0.743. The maximum atomic E-state index is 10.2. The molecule has 0 amide bonds. The number of nitrogens with zero attached hydrogens (tertiary/aromatic N) is 1. The van der Waals surface area contributed by atoms with E-state index in [1.165, 1.54) is 0 Å². The van der Waals surface area contributed by atoms with Crippen LogP contribution >= 0.6 is 27.3 Å². The summed E-state index contributed by atoms with van der Waals surface area (Å²) in [4.78, 5) is 4.43. The molecule has 1 aromatic carbocycles. The SMILES string of the molecule is Cc1nc(C2C[C@H](O)c3cc(Br)ccc3O2)cs1. The number of fused-ring (bicyclic) bond motifs is 1. The Hall–Kier alpha value is -0.910. The Morgan fingerprint density at radius 2 is 2.33 bits per heavy atom. The van der Waals surface area contributed by atoms with Crippen LogP contribution in [0.1, 0.15) is 34.9 Å². The lowest BCUT2D eigenvalue weighted by atomic mass is 9.98. The van der Waals surface area contributed by atoms with E-state index in [-0.39, 0.29) is 6.10 Å². The smallest absolute Gasteiger partial charge is 0.144 e. The normalized spacial score (nSPS) is 22.4. The van der Waals surface area contributed by atoms with E-state index in [0.717, 1.165) is 26.5 Å². The highest BCUT2D eigenvalue weighted by Crippen LogP contribution is 2.41. The van der Waals surface area contributed by atoms with Crippen LogP contribution in [0.3, 0.4) is 0 Å². The molecule has 3 nitrogen and oxygen atoms in total. The first kappa shape index (κ1) is 12.1. The number of benzene rings is 1. The minimum atomic E-state index is -0.502. The van der Waals surface area contributed by atoms with Crippen LogP contribution in [0.4, 0.5) is 0 Å². The topological polar surface area (TPSA) is 42.4 Å². The Bertz CT molecular complexity index is 584. The number of rotatable bonds is 1. The zero-order valence-corrected chi connectivity index (χ0v) is 12.2. The first-order valence-electron chi connectivity index (χ1n) is 5.69. The van der Waals surface area contributed by atoms with E-state index in [1.807, 2.05) is 30.5 Å². The van der Waals surface area contributed by atoms with Crippen LogP contribution in [0.15, 0.2) is 28.1 Å². The van der Waals surface area contributed by atoms with Crippen molar-refractivity contribution in [3.63, 3.8) is 0 Å². The predicted molar refractivity (Wildman–Crippen MR) is 73.9 cm³/mol. The van der Waals surface area contributed by atoms with E-state index in [2.05, 4.69) is 20.9 Å². The molecular formula is C13H12BrNO2S. The van der Waals surface area contributed by atoms with Crippen LogP contribution in [-0.4, -0.2) is 10.1 Å². The number of hydrogen-bond acceptors (Lipinski definition) is 4. The fraction of sp³-hybridized carbons (Fsp3) is 0.308. The summed E-state index contributed by atoms with van der Waals surface area (Å²) in [5.41, 5.74) is 1.75. The summed E-state index contributed by atoms with van der Waals surface area (Å²) in [6.45, 7) is 1.97. The summed E-state index contributed by atoms with van der Waals surface area (Å²) < 4.78 is 6.87. The van der Waals surface area contributed by atoms with Crippen molar-refractivity contribution in [2.45, 2.75) is 25.6 Å². The number of aromatic nitrogens is 1. The van der Waals surface area contributed by atoms with Crippen molar-refractivity contribution in [3.05, 3.63) is 44.3 Å². The third-order valence-electron chi connectivity index (χ3n) is 3.00. The average molecular weight is 326 g/mol. The Morgan fingerprint density at radius 1 is 1.50 bits per heavy atom. The zero-order valence-electron chi connectivity index (χ0n) is 9.76. The lowest BCUT2D eigenvalue weighted by Gasteiger charge is -2.28. The highest BCUT2D eigenvalue weighted by molar-refractivity contribution is 9.10. The largest absolute Gasteiger partial charge is 0.484 e. The Morgan fingerprint density at radius 3 is 3.06 bits per heavy atom. The van der Waals surface area contributed by atoms with Crippen molar-refractivity contribution < 1.29 is 9.84 Å². The van der Waals surface area contributed by atoms with Gasteiger partial charge < -0.3 is 9.84 Å². The van der Waals surface area contributed by atoms with Gasteiger partial charge in [-0.3, -0.25) is 0 Å². The molecule has 1 aromatic heterocycles. The lowest BCUT2D eigenvalue weighted by Crippen LogP contribution is -2.19. The summed E-state index contributed by atoms with van der Waals surface area (Å²) in [7, 11) is 0. The minimum absolute atomic E-state index is 0.154. The molecule has 1 aliphatic rings. The van der Waals surface area contributed by atoms with Gasteiger partial charge in [-0.15, -0.1) is 11.3 Å². The van der Waals surface area contributed by atoms with E-state index in [9.17, 15) is 5.11 Å². The van der Waals surface area contributed by atoms with Gasteiger partial charge >= 0.3 is 0 Å². The summed E-state index contributed by atoms with van der Waals surface area (Å²) in [5, 5.41) is 13.2. The molecule has 1 N–H and O–H groups in total. The molecule has 0 aliphatic carbocycles. The van der Waals surface area contributed by atoms with E-state index < -0.39 is 6.10 Å². The van der Waals surface area contributed by atoms with Crippen LogP contribution in [0.5, 0.6) is 5.75 Å². The van der Waals surface area contributed by atoms with Gasteiger partial charge in [0.05, 0.1) is 16.8 Å². The van der Waals surface area contributed by atoms with Gasteiger partial charge in [0.1, 0.15) is 11.9 Å². The van der Waals surface area contributed by atoms with E-state index in [0.29, 0.717) is 6.42 Å². The van der Waals surface area contributed by atoms with Crippen LogP contribution in [0.2, 0.25) is 0 Å². The summed E-state index contributed by atoms with van der Waals surface area (Å²) in [6.07, 6.45) is -0.107. The predicted octanol–water partition coefficient (Wildman–Crippen LogP) is 3.77. The molecule has 0 spiro atoms. The first-order valence-corrected chi connectivity index (χ1v) is 7.37. The van der Waals surface area contributed by atoms with Crippen LogP contribution in [-0.2, 0) is 0 Å².